The Morgan fingerprint density at radius 2 is 2.06 bits per heavy atom. The first kappa shape index (κ1) is 11.9. The van der Waals surface area contributed by atoms with Gasteiger partial charge in [0, 0.05) is 11.4 Å². The lowest BCUT2D eigenvalue weighted by Crippen LogP contribution is -2.37. The number of nitrogens with zero attached hydrogens (tertiary/aromatic N) is 2. The van der Waals surface area contributed by atoms with Crippen molar-refractivity contribution in [1.82, 2.24) is 4.90 Å². The van der Waals surface area contributed by atoms with Crippen molar-refractivity contribution in [3.63, 3.8) is 0 Å². The molecule has 1 saturated carbocycles. The first-order valence-corrected chi connectivity index (χ1v) is 7.71. The normalized spacial score (nSPS) is 23.3. The summed E-state index contributed by atoms with van der Waals surface area (Å²) in [4.78, 5) is 8.00. The van der Waals surface area contributed by atoms with E-state index in [0.29, 0.717) is 6.04 Å². The molecule has 0 aromatic heterocycles. The lowest BCUT2D eigenvalue weighted by atomic mass is 10.1. The average Bonchev–Trinajstić information content (AvgIpc) is 3.15. The molecule has 96 valence electrons. The molecule has 4 heteroatoms. The van der Waals surface area contributed by atoms with E-state index in [0.717, 1.165) is 25.0 Å². The van der Waals surface area contributed by atoms with E-state index in [1.54, 1.807) is 11.8 Å². The second-order valence-electron chi connectivity index (χ2n) is 5.08. The van der Waals surface area contributed by atoms with Gasteiger partial charge in [0.1, 0.15) is 0 Å². The highest BCUT2D eigenvalue weighted by molar-refractivity contribution is 7.98. The number of benzene rings is 1. The Balaban J connectivity index is 1.77. The SMILES string of the molecule is CSc1ccc(C2CN=C(N)N2CC2CC2)cc1. The Labute approximate surface area is 112 Å². The molecule has 1 unspecified atom stereocenters. The fourth-order valence-corrected chi connectivity index (χ4v) is 2.85. The van der Waals surface area contributed by atoms with E-state index < -0.39 is 0 Å². The third kappa shape index (κ3) is 2.34. The number of rotatable bonds is 4. The zero-order chi connectivity index (χ0) is 12.5. The van der Waals surface area contributed by atoms with E-state index in [-0.39, 0.29) is 0 Å². The highest BCUT2D eigenvalue weighted by Crippen LogP contribution is 2.34. The molecule has 1 heterocycles. The van der Waals surface area contributed by atoms with Crippen LogP contribution in [-0.2, 0) is 0 Å². The maximum absolute atomic E-state index is 6.01. The molecule has 1 aromatic rings. The quantitative estimate of drug-likeness (QED) is 0.847. The molecule has 0 radical (unpaired) electrons. The second-order valence-corrected chi connectivity index (χ2v) is 5.96. The van der Waals surface area contributed by atoms with Gasteiger partial charge < -0.3 is 10.6 Å². The Morgan fingerprint density at radius 3 is 2.67 bits per heavy atom. The van der Waals surface area contributed by atoms with Gasteiger partial charge in [0.25, 0.3) is 0 Å². The molecule has 1 fully saturated rings. The molecular weight excluding hydrogens is 242 g/mol. The highest BCUT2D eigenvalue weighted by atomic mass is 32.2. The minimum absolute atomic E-state index is 0.349. The third-order valence-corrected chi connectivity index (χ3v) is 4.49. The average molecular weight is 261 g/mol. The summed E-state index contributed by atoms with van der Waals surface area (Å²) in [6.07, 6.45) is 4.80. The van der Waals surface area contributed by atoms with Crippen LogP contribution in [-0.4, -0.2) is 30.2 Å². The summed E-state index contributed by atoms with van der Waals surface area (Å²) >= 11 is 1.78. The van der Waals surface area contributed by atoms with Crippen molar-refractivity contribution < 1.29 is 0 Å². The maximum atomic E-state index is 6.01. The summed E-state index contributed by atoms with van der Waals surface area (Å²) in [6, 6.07) is 9.14. The highest BCUT2D eigenvalue weighted by Gasteiger charge is 2.32. The summed E-state index contributed by atoms with van der Waals surface area (Å²) in [5.41, 5.74) is 7.34. The predicted molar refractivity (Wildman–Crippen MR) is 76.9 cm³/mol. The van der Waals surface area contributed by atoms with Crippen LogP contribution in [0.25, 0.3) is 0 Å². The van der Waals surface area contributed by atoms with Crippen LogP contribution in [0.5, 0.6) is 0 Å². The lowest BCUT2D eigenvalue weighted by molar-refractivity contribution is 0.333. The number of thioether (sulfide) groups is 1. The van der Waals surface area contributed by atoms with Gasteiger partial charge in [-0.3, -0.25) is 4.99 Å². The Hall–Kier alpha value is -1.16. The monoisotopic (exact) mass is 261 g/mol. The first-order valence-electron chi connectivity index (χ1n) is 6.48. The van der Waals surface area contributed by atoms with Crippen molar-refractivity contribution in [2.75, 3.05) is 19.3 Å². The molecule has 0 spiro atoms. The van der Waals surface area contributed by atoms with Gasteiger partial charge in [-0.15, -0.1) is 11.8 Å². The molecule has 0 amide bonds. The van der Waals surface area contributed by atoms with Crippen molar-refractivity contribution in [2.24, 2.45) is 16.6 Å². The van der Waals surface area contributed by atoms with Crippen molar-refractivity contribution in [3.8, 4) is 0 Å². The summed E-state index contributed by atoms with van der Waals surface area (Å²) in [5.74, 6) is 1.56. The van der Waals surface area contributed by atoms with Crippen LogP contribution in [0.1, 0.15) is 24.4 Å². The number of nitrogens with two attached hydrogens (primary N) is 1. The van der Waals surface area contributed by atoms with Gasteiger partial charge >= 0.3 is 0 Å². The standard InChI is InChI=1S/C14H19N3S/c1-18-12-6-4-11(5-7-12)13-8-16-14(15)17(13)9-10-2-3-10/h4-7,10,13H,2-3,8-9H2,1H3,(H2,15,16). The summed E-state index contributed by atoms with van der Waals surface area (Å²) in [6.45, 7) is 1.88. The van der Waals surface area contributed by atoms with Crippen molar-refractivity contribution in [2.45, 2.75) is 23.8 Å². The van der Waals surface area contributed by atoms with Crippen LogP contribution in [0, 0.1) is 5.92 Å². The largest absolute Gasteiger partial charge is 0.370 e. The van der Waals surface area contributed by atoms with Crippen LogP contribution < -0.4 is 5.73 Å². The van der Waals surface area contributed by atoms with Crippen LogP contribution in [0.15, 0.2) is 34.2 Å². The minimum atomic E-state index is 0.349. The molecule has 0 saturated heterocycles. The lowest BCUT2D eigenvalue weighted by Gasteiger charge is -2.26. The van der Waals surface area contributed by atoms with Gasteiger partial charge in [-0.25, -0.2) is 0 Å². The minimum Gasteiger partial charge on any atom is -0.370 e. The fourth-order valence-electron chi connectivity index (χ4n) is 2.44. The zero-order valence-corrected chi connectivity index (χ0v) is 11.5. The number of hydrogen-bond acceptors (Lipinski definition) is 4. The van der Waals surface area contributed by atoms with E-state index >= 15 is 0 Å². The Kier molecular flexibility index (Phi) is 3.20. The molecule has 1 aliphatic heterocycles. The van der Waals surface area contributed by atoms with E-state index in [2.05, 4.69) is 40.4 Å². The topological polar surface area (TPSA) is 41.6 Å². The van der Waals surface area contributed by atoms with E-state index in [1.165, 1.54) is 23.3 Å². The molecule has 18 heavy (non-hydrogen) atoms. The fraction of sp³-hybridized carbons (Fsp3) is 0.500. The van der Waals surface area contributed by atoms with Gasteiger partial charge in [0.05, 0.1) is 12.6 Å². The molecule has 1 aromatic carbocycles. The number of aliphatic imine (C=N–C) groups is 1. The van der Waals surface area contributed by atoms with Crippen LogP contribution in [0.4, 0.5) is 0 Å². The molecule has 2 N–H and O–H groups in total. The van der Waals surface area contributed by atoms with E-state index in [4.69, 9.17) is 5.73 Å². The van der Waals surface area contributed by atoms with Gasteiger partial charge in [0.2, 0.25) is 0 Å². The second kappa shape index (κ2) is 4.84. The first-order chi connectivity index (χ1) is 8.78. The molecule has 1 atom stereocenters. The Morgan fingerprint density at radius 1 is 1.33 bits per heavy atom. The van der Waals surface area contributed by atoms with Crippen LogP contribution in [0.2, 0.25) is 0 Å². The molecule has 1 aliphatic carbocycles. The number of hydrogen-bond donors (Lipinski definition) is 1. The molecule has 0 bridgehead atoms. The summed E-state index contributed by atoms with van der Waals surface area (Å²) in [7, 11) is 0. The van der Waals surface area contributed by atoms with Gasteiger partial charge in [-0.2, -0.15) is 0 Å². The van der Waals surface area contributed by atoms with Crippen LogP contribution >= 0.6 is 11.8 Å². The number of guanidine groups is 1. The van der Waals surface area contributed by atoms with Crippen LogP contribution in [0.3, 0.4) is 0 Å². The third-order valence-electron chi connectivity index (χ3n) is 3.75. The van der Waals surface area contributed by atoms with Gasteiger partial charge in [-0.05, 0) is 42.7 Å². The zero-order valence-electron chi connectivity index (χ0n) is 10.7. The van der Waals surface area contributed by atoms with Crippen molar-refractivity contribution in [1.29, 1.82) is 0 Å². The van der Waals surface area contributed by atoms with E-state index in [1.807, 2.05) is 0 Å². The predicted octanol–water partition coefficient (Wildman–Crippen LogP) is 2.49. The smallest absolute Gasteiger partial charge is 0.191 e. The van der Waals surface area contributed by atoms with Crippen molar-refractivity contribution in [3.05, 3.63) is 29.8 Å². The molecule has 3 nitrogen and oxygen atoms in total. The van der Waals surface area contributed by atoms with Crippen molar-refractivity contribution >= 4 is 17.7 Å². The van der Waals surface area contributed by atoms with Gasteiger partial charge in [-0.1, -0.05) is 12.1 Å². The molecule has 2 aliphatic rings. The molecule has 3 rings (SSSR count). The maximum Gasteiger partial charge on any atom is 0.191 e. The van der Waals surface area contributed by atoms with E-state index in [9.17, 15) is 0 Å². The summed E-state index contributed by atoms with van der Waals surface area (Å²) in [5, 5.41) is 0. The Bertz CT molecular complexity index is 451. The van der Waals surface area contributed by atoms with Gasteiger partial charge in [0.15, 0.2) is 5.96 Å². The molecular formula is C14H19N3S. The summed E-state index contributed by atoms with van der Waals surface area (Å²) < 4.78 is 0.